The third-order valence-corrected chi connectivity index (χ3v) is 4.32. The van der Waals surface area contributed by atoms with Gasteiger partial charge in [0.2, 0.25) is 6.79 Å². The van der Waals surface area contributed by atoms with Crippen molar-refractivity contribution in [2.75, 3.05) is 6.79 Å². The lowest BCUT2D eigenvalue weighted by atomic mass is 10.2. The number of benzene rings is 2. The van der Waals surface area contributed by atoms with Gasteiger partial charge in [0.1, 0.15) is 0 Å². The van der Waals surface area contributed by atoms with E-state index < -0.39 is 12.1 Å². The van der Waals surface area contributed by atoms with E-state index in [0.717, 1.165) is 15.6 Å². The maximum atomic E-state index is 12.1. The highest BCUT2D eigenvalue weighted by Gasteiger charge is 2.17. The van der Waals surface area contributed by atoms with Crippen LogP contribution in [0.3, 0.4) is 0 Å². The molecule has 3 rings (SSSR count). The summed E-state index contributed by atoms with van der Waals surface area (Å²) in [5.74, 6) is 0.376. The van der Waals surface area contributed by atoms with Crippen LogP contribution in [0.4, 0.5) is 0 Å². The third-order valence-electron chi connectivity index (χ3n) is 3.83. The number of hydrogen-bond acceptors (Lipinski definition) is 5. The highest BCUT2D eigenvalue weighted by Crippen LogP contribution is 2.32. The van der Waals surface area contributed by atoms with Gasteiger partial charge in [0.25, 0.3) is 5.91 Å². The first kappa shape index (κ1) is 19.0. The highest BCUT2D eigenvalue weighted by atomic mass is 79.9. The molecule has 1 aliphatic heterocycles. The molecule has 0 saturated heterocycles. The standard InChI is InChI=1S/C20H18BrNO5/c1-13(27-19(23)8-6-14-3-2-4-16(21)9-14)20(24)22-11-15-5-7-17-18(10-15)26-12-25-17/h2-10,13H,11-12H2,1H3,(H,22,24)/b8-6+. The Kier molecular flexibility index (Phi) is 6.13. The van der Waals surface area contributed by atoms with Crippen LogP contribution in [0.25, 0.3) is 6.08 Å². The number of hydrogen-bond donors (Lipinski definition) is 1. The molecule has 140 valence electrons. The fourth-order valence-electron chi connectivity index (χ4n) is 2.43. The molecule has 0 aromatic heterocycles. The van der Waals surface area contributed by atoms with E-state index in [0.29, 0.717) is 18.0 Å². The Morgan fingerprint density at radius 3 is 2.85 bits per heavy atom. The van der Waals surface area contributed by atoms with Crippen molar-refractivity contribution in [3.63, 3.8) is 0 Å². The van der Waals surface area contributed by atoms with Gasteiger partial charge in [-0.25, -0.2) is 4.79 Å². The second kappa shape index (κ2) is 8.73. The Morgan fingerprint density at radius 2 is 2.04 bits per heavy atom. The van der Waals surface area contributed by atoms with Crippen LogP contribution in [0.1, 0.15) is 18.1 Å². The molecule has 1 unspecified atom stereocenters. The fraction of sp³-hybridized carbons (Fsp3) is 0.200. The topological polar surface area (TPSA) is 73.9 Å². The van der Waals surface area contributed by atoms with Gasteiger partial charge >= 0.3 is 5.97 Å². The first-order chi connectivity index (χ1) is 13.0. The molecular formula is C20H18BrNO5. The average molecular weight is 432 g/mol. The molecule has 0 aliphatic carbocycles. The molecule has 6 nitrogen and oxygen atoms in total. The molecule has 7 heteroatoms. The smallest absolute Gasteiger partial charge is 0.331 e. The van der Waals surface area contributed by atoms with Gasteiger partial charge in [0.15, 0.2) is 17.6 Å². The lowest BCUT2D eigenvalue weighted by Gasteiger charge is -2.12. The normalized spacial score (nSPS) is 13.4. The summed E-state index contributed by atoms with van der Waals surface area (Å²) in [6.07, 6.45) is 2.02. The molecule has 2 aromatic rings. The van der Waals surface area contributed by atoms with E-state index in [1.807, 2.05) is 30.3 Å². The lowest BCUT2D eigenvalue weighted by molar-refractivity contribution is -0.150. The average Bonchev–Trinajstić information content (AvgIpc) is 3.12. The zero-order valence-electron chi connectivity index (χ0n) is 14.6. The molecule has 1 N–H and O–H groups in total. The zero-order chi connectivity index (χ0) is 19.2. The van der Waals surface area contributed by atoms with E-state index >= 15 is 0 Å². The van der Waals surface area contributed by atoms with Gasteiger partial charge in [-0.2, -0.15) is 0 Å². The Balaban J connectivity index is 1.47. The monoisotopic (exact) mass is 431 g/mol. The molecule has 1 aliphatic rings. The van der Waals surface area contributed by atoms with E-state index in [1.54, 1.807) is 18.2 Å². The van der Waals surface area contributed by atoms with Crippen LogP contribution in [0.2, 0.25) is 0 Å². The molecule has 0 radical (unpaired) electrons. The van der Waals surface area contributed by atoms with E-state index in [2.05, 4.69) is 21.2 Å². The van der Waals surface area contributed by atoms with Crippen molar-refractivity contribution in [1.82, 2.24) is 5.32 Å². The summed E-state index contributed by atoms with van der Waals surface area (Å²) in [4.78, 5) is 24.0. The van der Waals surface area contributed by atoms with Crippen LogP contribution < -0.4 is 14.8 Å². The lowest BCUT2D eigenvalue weighted by Crippen LogP contribution is -2.35. The number of carbonyl (C=O) groups excluding carboxylic acids is 2. The zero-order valence-corrected chi connectivity index (χ0v) is 16.2. The molecule has 0 bridgehead atoms. The van der Waals surface area contributed by atoms with Crippen LogP contribution in [-0.2, 0) is 20.9 Å². The van der Waals surface area contributed by atoms with Crippen molar-refractivity contribution in [1.29, 1.82) is 0 Å². The second-order valence-electron chi connectivity index (χ2n) is 5.87. The fourth-order valence-corrected chi connectivity index (χ4v) is 2.84. The van der Waals surface area contributed by atoms with E-state index in [-0.39, 0.29) is 12.7 Å². The Bertz CT molecular complexity index is 880. The van der Waals surface area contributed by atoms with E-state index in [4.69, 9.17) is 14.2 Å². The van der Waals surface area contributed by atoms with Crippen molar-refractivity contribution in [3.05, 3.63) is 64.1 Å². The van der Waals surface area contributed by atoms with Gasteiger partial charge in [-0.1, -0.05) is 34.1 Å². The molecule has 2 aromatic carbocycles. The van der Waals surface area contributed by atoms with Gasteiger partial charge < -0.3 is 19.5 Å². The minimum atomic E-state index is -0.904. The number of nitrogens with one attached hydrogen (secondary N) is 1. The summed E-state index contributed by atoms with van der Waals surface area (Å²) >= 11 is 3.36. The molecule has 0 fully saturated rings. The van der Waals surface area contributed by atoms with Crippen molar-refractivity contribution in [2.24, 2.45) is 0 Å². The number of fused-ring (bicyclic) bond motifs is 1. The third kappa shape index (κ3) is 5.34. The van der Waals surface area contributed by atoms with Crippen molar-refractivity contribution < 1.29 is 23.8 Å². The molecule has 0 saturated carbocycles. The summed E-state index contributed by atoms with van der Waals surface area (Å²) in [6, 6.07) is 12.9. The van der Waals surface area contributed by atoms with Crippen LogP contribution in [0.15, 0.2) is 53.0 Å². The Hall–Kier alpha value is -2.80. The second-order valence-corrected chi connectivity index (χ2v) is 6.79. The Labute approximate surface area is 165 Å². The maximum absolute atomic E-state index is 12.1. The summed E-state index contributed by atoms with van der Waals surface area (Å²) < 4.78 is 16.6. The first-order valence-corrected chi connectivity index (χ1v) is 9.11. The molecule has 1 heterocycles. The number of carbonyl (C=O) groups is 2. The molecular weight excluding hydrogens is 414 g/mol. The maximum Gasteiger partial charge on any atom is 0.331 e. The number of amides is 1. The van der Waals surface area contributed by atoms with E-state index in [1.165, 1.54) is 13.0 Å². The number of rotatable bonds is 6. The summed E-state index contributed by atoms with van der Waals surface area (Å²) in [5, 5.41) is 2.73. The molecule has 27 heavy (non-hydrogen) atoms. The molecule has 1 amide bonds. The summed E-state index contributed by atoms with van der Waals surface area (Å²) in [6.45, 7) is 2.02. The quantitative estimate of drug-likeness (QED) is 0.559. The minimum Gasteiger partial charge on any atom is -0.454 e. The SMILES string of the molecule is CC(OC(=O)/C=C/c1cccc(Br)c1)C(=O)NCc1ccc2c(c1)OCO2. The van der Waals surface area contributed by atoms with Crippen LogP contribution >= 0.6 is 15.9 Å². The largest absolute Gasteiger partial charge is 0.454 e. The van der Waals surface area contributed by atoms with Crippen LogP contribution in [0.5, 0.6) is 11.5 Å². The predicted molar refractivity (Wildman–Crippen MR) is 103 cm³/mol. The van der Waals surface area contributed by atoms with E-state index in [9.17, 15) is 9.59 Å². The Morgan fingerprint density at radius 1 is 1.22 bits per heavy atom. The molecule has 0 spiro atoms. The van der Waals surface area contributed by atoms with Crippen molar-refractivity contribution >= 4 is 33.9 Å². The van der Waals surface area contributed by atoms with Gasteiger partial charge in [-0.15, -0.1) is 0 Å². The van der Waals surface area contributed by atoms with Crippen LogP contribution in [-0.4, -0.2) is 24.8 Å². The summed E-state index contributed by atoms with van der Waals surface area (Å²) in [5.41, 5.74) is 1.71. The number of halogens is 1. The predicted octanol–water partition coefficient (Wildman–Crippen LogP) is 3.44. The number of ether oxygens (including phenoxy) is 3. The van der Waals surface area contributed by atoms with Gasteiger partial charge in [0.05, 0.1) is 0 Å². The first-order valence-electron chi connectivity index (χ1n) is 8.32. The summed E-state index contributed by atoms with van der Waals surface area (Å²) in [7, 11) is 0. The molecule has 1 atom stereocenters. The number of esters is 1. The minimum absolute atomic E-state index is 0.200. The van der Waals surface area contributed by atoms with Crippen molar-refractivity contribution in [2.45, 2.75) is 19.6 Å². The van der Waals surface area contributed by atoms with Crippen molar-refractivity contribution in [3.8, 4) is 11.5 Å². The highest BCUT2D eigenvalue weighted by molar-refractivity contribution is 9.10. The van der Waals surface area contributed by atoms with Crippen LogP contribution in [0, 0.1) is 0 Å². The van der Waals surface area contributed by atoms with Gasteiger partial charge in [-0.3, -0.25) is 4.79 Å². The van der Waals surface area contributed by atoms with Gasteiger partial charge in [-0.05, 0) is 48.4 Å². The van der Waals surface area contributed by atoms with Gasteiger partial charge in [0, 0.05) is 17.1 Å².